The lowest BCUT2D eigenvalue weighted by Gasteiger charge is -2.34. The standard InChI is InChI=1S/C19H27N3O4S.ClH/c1-14(23)15-5-7-17(8-6-15)27(25,26)22-11-9-21(10-12-22)19(24)13-16-3-2-4-18(16)20;/h5-8,16,18H,2-4,9-13,20H2,1H3;1H/t16-,18+;/m0./s1. The van der Waals surface area contributed by atoms with Gasteiger partial charge >= 0.3 is 0 Å². The Kier molecular flexibility index (Phi) is 7.61. The molecule has 7 nitrogen and oxygen atoms in total. The number of carbonyl (C=O) groups excluding carboxylic acids is 2. The van der Waals surface area contributed by atoms with Gasteiger partial charge in [0, 0.05) is 44.2 Å². The van der Waals surface area contributed by atoms with Crippen molar-refractivity contribution in [3.05, 3.63) is 29.8 Å². The zero-order valence-electron chi connectivity index (χ0n) is 16.0. The summed E-state index contributed by atoms with van der Waals surface area (Å²) in [4.78, 5) is 25.8. The number of Topliss-reactive ketones (excluding diaryl/α,β-unsaturated/α-hetero) is 1. The molecule has 2 fully saturated rings. The summed E-state index contributed by atoms with van der Waals surface area (Å²) >= 11 is 0. The molecule has 1 aromatic carbocycles. The maximum atomic E-state index is 12.8. The van der Waals surface area contributed by atoms with Crippen LogP contribution in [0.1, 0.15) is 43.0 Å². The fraction of sp³-hybridized carbons (Fsp3) is 0.579. The van der Waals surface area contributed by atoms with Crippen LogP contribution in [0.5, 0.6) is 0 Å². The molecule has 0 aromatic heterocycles. The minimum atomic E-state index is -3.62. The van der Waals surface area contributed by atoms with Gasteiger partial charge in [0.1, 0.15) is 0 Å². The van der Waals surface area contributed by atoms with Gasteiger partial charge in [-0.05, 0) is 37.8 Å². The number of halogens is 1. The number of piperazine rings is 1. The third kappa shape index (κ3) is 4.92. The van der Waals surface area contributed by atoms with Crippen molar-refractivity contribution in [2.24, 2.45) is 11.7 Å². The lowest BCUT2D eigenvalue weighted by atomic mass is 9.99. The zero-order valence-corrected chi connectivity index (χ0v) is 17.7. The summed E-state index contributed by atoms with van der Waals surface area (Å²) in [6.45, 7) is 2.79. The highest BCUT2D eigenvalue weighted by Gasteiger charge is 2.32. The lowest BCUT2D eigenvalue weighted by molar-refractivity contribution is -0.133. The van der Waals surface area contributed by atoms with Crippen molar-refractivity contribution in [2.45, 2.75) is 43.5 Å². The van der Waals surface area contributed by atoms with Gasteiger partial charge in [-0.3, -0.25) is 9.59 Å². The second kappa shape index (κ2) is 9.35. The van der Waals surface area contributed by atoms with Gasteiger partial charge < -0.3 is 10.6 Å². The summed E-state index contributed by atoms with van der Waals surface area (Å²) in [6, 6.07) is 6.09. The molecule has 1 aliphatic carbocycles. The average molecular weight is 430 g/mol. The number of ketones is 1. The fourth-order valence-corrected chi connectivity index (χ4v) is 5.28. The monoisotopic (exact) mass is 429 g/mol. The van der Waals surface area contributed by atoms with E-state index < -0.39 is 10.0 Å². The SMILES string of the molecule is CC(=O)c1ccc(S(=O)(=O)N2CCN(C(=O)C[C@@H]3CCC[C@H]3N)CC2)cc1.Cl. The van der Waals surface area contributed by atoms with Crippen molar-refractivity contribution in [3.63, 3.8) is 0 Å². The van der Waals surface area contributed by atoms with E-state index in [0.29, 0.717) is 25.1 Å². The van der Waals surface area contributed by atoms with Gasteiger partial charge in [-0.25, -0.2) is 8.42 Å². The first kappa shape index (κ1) is 22.8. The molecule has 156 valence electrons. The highest BCUT2D eigenvalue weighted by atomic mass is 35.5. The molecule has 1 heterocycles. The van der Waals surface area contributed by atoms with Crippen molar-refractivity contribution in [1.82, 2.24) is 9.21 Å². The van der Waals surface area contributed by atoms with Gasteiger partial charge in [-0.2, -0.15) is 4.31 Å². The number of rotatable bonds is 5. The second-order valence-corrected chi connectivity index (χ2v) is 9.36. The van der Waals surface area contributed by atoms with Crippen LogP contribution in [0.3, 0.4) is 0 Å². The Morgan fingerprint density at radius 2 is 1.68 bits per heavy atom. The molecule has 1 aliphatic heterocycles. The molecule has 2 N–H and O–H groups in total. The lowest BCUT2D eigenvalue weighted by Crippen LogP contribution is -2.51. The van der Waals surface area contributed by atoms with E-state index in [1.54, 1.807) is 4.90 Å². The molecule has 0 radical (unpaired) electrons. The van der Waals surface area contributed by atoms with Crippen LogP contribution in [0.2, 0.25) is 0 Å². The van der Waals surface area contributed by atoms with Crippen LogP contribution in [-0.2, 0) is 14.8 Å². The minimum absolute atomic E-state index is 0. The molecule has 9 heteroatoms. The molecular weight excluding hydrogens is 402 g/mol. The highest BCUT2D eigenvalue weighted by molar-refractivity contribution is 7.89. The van der Waals surface area contributed by atoms with Gasteiger partial charge in [-0.1, -0.05) is 18.6 Å². The molecule has 2 atom stereocenters. The van der Waals surface area contributed by atoms with E-state index in [2.05, 4.69) is 0 Å². The predicted octanol–water partition coefficient (Wildman–Crippen LogP) is 1.66. The number of benzene rings is 1. The van der Waals surface area contributed by atoms with Crippen LogP contribution in [0.15, 0.2) is 29.2 Å². The molecule has 1 saturated heterocycles. The summed E-state index contributed by atoms with van der Waals surface area (Å²) < 4.78 is 27.0. The molecular formula is C19H28ClN3O4S. The van der Waals surface area contributed by atoms with Crippen molar-refractivity contribution in [2.75, 3.05) is 26.2 Å². The average Bonchev–Trinajstić information content (AvgIpc) is 3.06. The van der Waals surface area contributed by atoms with E-state index in [1.165, 1.54) is 35.5 Å². The second-order valence-electron chi connectivity index (χ2n) is 7.42. The smallest absolute Gasteiger partial charge is 0.243 e. The van der Waals surface area contributed by atoms with Crippen LogP contribution in [-0.4, -0.2) is 61.5 Å². The molecule has 1 amide bonds. The first-order chi connectivity index (χ1) is 12.8. The van der Waals surface area contributed by atoms with E-state index >= 15 is 0 Å². The Morgan fingerprint density at radius 3 is 2.18 bits per heavy atom. The predicted molar refractivity (Wildman–Crippen MR) is 109 cm³/mol. The Bertz CT molecular complexity index is 805. The number of carbonyl (C=O) groups is 2. The zero-order chi connectivity index (χ0) is 19.6. The highest BCUT2D eigenvalue weighted by Crippen LogP contribution is 2.28. The summed E-state index contributed by atoms with van der Waals surface area (Å²) in [7, 11) is -3.62. The fourth-order valence-electron chi connectivity index (χ4n) is 3.86. The van der Waals surface area contributed by atoms with Crippen LogP contribution in [0, 0.1) is 5.92 Å². The number of hydrogen-bond acceptors (Lipinski definition) is 5. The van der Waals surface area contributed by atoms with Gasteiger partial charge in [0.15, 0.2) is 5.78 Å². The third-order valence-corrected chi connectivity index (χ3v) is 7.56. The van der Waals surface area contributed by atoms with Crippen LogP contribution < -0.4 is 5.73 Å². The molecule has 1 saturated carbocycles. The molecule has 1 aromatic rings. The molecule has 28 heavy (non-hydrogen) atoms. The van der Waals surface area contributed by atoms with Crippen LogP contribution >= 0.6 is 12.4 Å². The van der Waals surface area contributed by atoms with E-state index in [0.717, 1.165) is 19.3 Å². The van der Waals surface area contributed by atoms with E-state index in [1.807, 2.05) is 0 Å². The molecule has 2 aliphatic rings. The summed E-state index contributed by atoms with van der Waals surface area (Å²) in [5.41, 5.74) is 6.53. The molecule has 0 spiro atoms. The quantitative estimate of drug-likeness (QED) is 0.717. The number of hydrogen-bond donors (Lipinski definition) is 1. The number of nitrogens with zero attached hydrogens (tertiary/aromatic N) is 2. The Hall–Kier alpha value is -1.48. The maximum Gasteiger partial charge on any atom is 0.243 e. The van der Waals surface area contributed by atoms with Crippen LogP contribution in [0.4, 0.5) is 0 Å². The van der Waals surface area contributed by atoms with Crippen molar-refractivity contribution in [1.29, 1.82) is 0 Å². The van der Waals surface area contributed by atoms with Gasteiger partial charge in [0.2, 0.25) is 15.9 Å². The Morgan fingerprint density at radius 1 is 1.07 bits per heavy atom. The molecule has 0 bridgehead atoms. The number of nitrogens with two attached hydrogens (primary N) is 1. The maximum absolute atomic E-state index is 12.8. The first-order valence-electron chi connectivity index (χ1n) is 9.43. The Labute approximate surface area is 172 Å². The van der Waals surface area contributed by atoms with Gasteiger partial charge in [0.05, 0.1) is 4.90 Å². The topological polar surface area (TPSA) is 101 Å². The van der Waals surface area contributed by atoms with Crippen molar-refractivity contribution < 1.29 is 18.0 Å². The third-order valence-electron chi connectivity index (χ3n) is 5.64. The van der Waals surface area contributed by atoms with Crippen molar-refractivity contribution in [3.8, 4) is 0 Å². The number of amides is 1. The van der Waals surface area contributed by atoms with Crippen molar-refractivity contribution >= 4 is 34.1 Å². The normalized spacial score (nSPS) is 23.3. The van der Waals surface area contributed by atoms with Gasteiger partial charge in [-0.15, -0.1) is 12.4 Å². The van der Waals surface area contributed by atoms with Gasteiger partial charge in [0.25, 0.3) is 0 Å². The molecule has 3 rings (SSSR count). The van der Waals surface area contributed by atoms with E-state index in [9.17, 15) is 18.0 Å². The van der Waals surface area contributed by atoms with E-state index in [4.69, 9.17) is 5.73 Å². The minimum Gasteiger partial charge on any atom is -0.340 e. The summed E-state index contributed by atoms with van der Waals surface area (Å²) in [5, 5.41) is 0. The first-order valence-corrected chi connectivity index (χ1v) is 10.9. The molecule has 0 unspecified atom stereocenters. The Balaban J connectivity index is 0.00000280. The largest absolute Gasteiger partial charge is 0.340 e. The van der Waals surface area contributed by atoms with E-state index in [-0.39, 0.29) is 54.0 Å². The van der Waals surface area contributed by atoms with Crippen LogP contribution in [0.25, 0.3) is 0 Å². The summed E-state index contributed by atoms with van der Waals surface area (Å²) in [5.74, 6) is 0.215. The number of sulfonamides is 1. The summed E-state index contributed by atoms with van der Waals surface area (Å²) in [6.07, 6.45) is 3.51.